The second kappa shape index (κ2) is 5.27. The van der Waals surface area contributed by atoms with Crippen molar-refractivity contribution in [2.24, 2.45) is 0 Å². The number of allylic oxidation sites excluding steroid dienone is 2. The average molecular weight is 274 g/mol. The van der Waals surface area contributed by atoms with E-state index < -0.39 is 17.6 Å². The summed E-state index contributed by atoms with van der Waals surface area (Å²) in [5.41, 5.74) is 1.62. The van der Waals surface area contributed by atoms with E-state index in [1.165, 1.54) is 0 Å². The first-order valence-corrected chi connectivity index (χ1v) is 6.12. The molecule has 0 saturated carbocycles. The molecule has 0 aromatic rings. The van der Waals surface area contributed by atoms with Gasteiger partial charge in [0.1, 0.15) is 6.10 Å². The van der Waals surface area contributed by atoms with Crippen LogP contribution in [0.3, 0.4) is 0 Å². The summed E-state index contributed by atoms with van der Waals surface area (Å²) < 4.78 is 0. The van der Waals surface area contributed by atoms with Crippen LogP contribution in [0.25, 0.3) is 0 Å². The van der Waals surface area contributed by atoms with E-state index in [4.69, 9.17) is 23.2 Å². The SMILES string of the molecule is OC1C=CC(NC2=CC(Cl)C(O)C(Cl)=C2)=CC1. The Balaban J connectivity index is 2.06. The van der Waals surface area contributed by atoms with Gasteiger partial charge < -0.3 is 15.5 Å². The van der Waals surface area contributed by atoms with Crippen LogP contribution in [0.2, 0.25) is 0 Å². The predicted octanol–water partition coefficient (Wildman–Crippen LogP) is 1.77. The topological polar surface area (TPSA) is 52.5 Å². The highest BCUT2D eigenvalue weighted by Gasteiger charge is 2.22. The lowest BCUT2D eigenvalue weighted by Crippen LogP contribution is -2.26. The van der Waals surface area contributed by atoms with E-state index in [1.54, 1.807) is 24.3 Å². The lowest BCUT2D eigenvalue weighted by atomic mass is 10.1. The fourth-order valence-electron chi connectivity index (χ4n) is 1.64. The van der Waals surface area contributed by atoms with Gasteiger partial charge in [-0.15, -0.1) is 11.6 Å². The van der Waals surface area contributed by atoms with Crippen molar-refractivity contribution in [1.29, 1.82) is 0 Å². The summed E-state index contributed by atoms with van der Waals surface area (Å²) in [7, 11) is 0. The van der Waals surface area contributed by atoms with Crippen LogP contribution in [0.4, 0.5) is 0 Å². The third-order valence-electron chi connectivity index (χ3n) is 2.58. The van der Waals surface area contributed by atoms with Gasteiger partial charge in [-0.2, -0.15) is 0 Å². The van der Waals surface area contributed by atoms with Crippen LogP contribution in [0.1, 0.15) is 6.42 Å². The van der Waals surface area contributed by atoms with Gasteiger partial charge in [0.2, 0.25) is 0 Å². The van der Waals surface area contributed by atoms with Gasteiger partial charge in [0.05, 0.1) is 16.5 Å². The van der Waals surface area contributed by atoms with Crippen molar-refractivity contribution in [2.45, 2.75) is 24.0 Å². The van der Waals surface area contributed by atoms with Crippen molar-refractivity contribution in [3.05, 3.63) is 46.8 Å². The highest BCUT2D eigenvalue weighted by molar-refractivity contribution is 6.32. The zero-order valence-electron chi connectivity index (χ0n) is 8.98. The average Bonchev–Trinajstić information content (AvgIpc) is 2.29. The normalized spacial score (nSPS) is 32.7. The van der Waals surface area contributed by atoms with E-state index in [2.05, 4.69) is 5.32 Å². The molecule has 3 N–H and O–H groups in total. The summed E-state index contributed by atoms with van der Waals surface area (Å²) >= 11 is 11.8. The Morgan fingerprint density at radius 3 is 2.65 bits per heavy atom. The highest BCUT2D eigenvalue weighted by atomic mass is 35.5. The number of aliphatic hydroxyl groups is 2. The lowest BCUT2D eigenvalue weighted by Gasteiger charge is -2.21. The molecule has 0 aliphatic heterocycles. The molecule has 17 heavy (non-hydrogen) atoms. The number of nitrogens with one attached hydrogen (secondary N) is 1. The smallest absolute Gasteiger partial charge is 0.109 e. The van der Waals surface area contributed by atoms with Crippen LogP contribution in [-0.2, 0) is 0 Å². The third-order valence-corrected chi connectivity index (χ3v) is 3.28. The van der Waals surface area contributed by atoms with Crippen LogP contribution in [-0.4, -0.2) is 27.8 Å². The van der Waals surface area contributed by atoms with Crippen LogP contribution in [0.5, 0.6) is 0 Å². The van der Waals surface area contributed by atoms with Gasteiger partial charge in [-0.25, -0.2) is 0 Å². The van der Waals surface area contributed by atoms with E-state index in [-0.39, 0.29) is 0 Å². The quantitative estimate of drug-likeness (QED) is 0.673. The van der Waals surface area contributed by atoms with Crippen molar-refractivity contribution in [3.63, 3.8) is 0 Å². The van der Waals surface area contributed by atoms with E-state index in [0.29, 0.717) is 11.5 Å². The Morgan fingerprint density at radius 2 is 2.06 bits per heavy atom. The molecule has 2 rings (SSSR count). The third kappa shape index (κ3) is 3.13. The summed E-state index contributed by atoms with van der Waals surface area (Å²) in [5, 5.41) is 21.7. The highest BCUT2D eigenvalue weighted by Crippen LogP contribution is 2.24. The van der Waals surface area contributed by atoms with Gasteiger partial charge in [-0.3, -0.25) is 0 Å². The molecule has 0 aromatic carbocycles. The predicted molar refractivity (Wildman–Crippen MR) is 68.6 cm³/mol. The van der Waals surface area contributed by atoms with E-state index in [9.17, 15) is 10.2 Å². The molecule has 0 amide bonds. The number of hydrogen-bond donors (Lipinski definition) is 3. The van der Waals surface area contributed by atoms with Crippen LogP contribution in [0.15, 0.2) is 46.8 Å². The minimum atomic E-state index is -0.846. The van der Waals surface area contributed by atoms with Gasteiger partial charge >= 0.3 is 0 Å². The van der Waals surface area contributed by atoms with E-state index in [1.807, 2.05) is 6.08 Å². The Hall–Kier alpha value is -0.740. The van der Waals surface area contributed by atoms with Gasteiger partial charge in [0, 0.05) is 11.4 Å². The molecule has 0 spiro atoms. The molecule has 2 aliphatic carbocycles. The second-order valence-electron chi connectivity index (χ2n) is 3.99. The summed E-state index contributed by atoms with van der Waals surface area (Å²) in [6.07, 6.45) is 8.07. The minimum Gasteiger partial charge on any atom is -0.389 e. The first-order chi connectivity index (χ1) is 8.06. The molecule has 0 heterocycles. The molecule has 0 aromatic heterocycles. The number of hydrogen-bond acceptors (Lipinski definition) is 3. The molecular formula is C12H13Cl2NO2. The molecule has 0 saturated heterocycles. The summed E-state index contributed by atoms with van der Waals surface area (Å²) in [4.78, 5) is 0. The monoisotopic (exact) mass is 273 g/mol. The fraction of sp³-hybridized carbons (Fsp3) is 0.333. The van der Waals surface area contributed by atoms with Gasteiger partial charge in [0.25, 0.3) is 0 Å². The van der Waals surface area contributed by atoms with Crippen LogP contribution < -0.4 is 5.32 Å². The zero-order valence-corrected chi connectivity index (χ0v) is 10.5. The molecule has 92 valence electrons. The van der Waals surface area contributed by atoms with Crippen molar-refractivity contribution < 1.29 is 10.2 Å². The van der Waals surface area contributed by atoms with E-state index >= 15 is 0 Å². The Kier molecular flexibility index (Phi) is 3.94. The molecule has 0 radical (unpaired) electrons. The molecule has 3 unspecified atom stereocenters. The van der Waals surface area contributed by atoms with Crippen molar-refractivity contribution in [2.75, 3.05) is 0 Å². The molecule has 5 heteroatoms. The van der Waals surface area contributed by atoms with Gasteiger partial charge in [-0.1, -0.05) is 23.8 Å². The molecule has 2 aliphatic rings. The molecule has 3 nitrogen and oxygen atoms in total. The summed E-state index contributed by atoms with van der Waals surface area (Å²) in [6, 6.07) is 0. The lowest BCUT2D eigenvalue weighted by molar-refractivity contribution is 0.223. The Labute approximate surface area is 110 Å². The second-order valence-corrected chi connectivity index (χ2v) is 4.93. The standard InChI is InChI=1S/C12H13Cl2NO2/c13-10-5-8(6-11(14)12(10)17)15-7-1-3-9(16)4-2-7/h1-3,5-6,9-10,12,15-17H,4H2. The Morgan fingerprint density at radius 1 is 1.29 bits per heavy atom. The van der Waals surface area contributed by atoms with Crippen molar-refractivity contribution in [1.82, 2.24) is 5.32 Å². The zero-order chi connectivity index (χ0) is 12.4. The molecule has 0 fully saturated rings. The Bertz CT molecular complexity index is 426. The number of alkyl halides is 1. The maximum Gasteiger partial charge on any atom is 0.109 e. The fourth-order valence-corrected chi connectivity index (χ4v) is 2.23. The summed E-state index contributed by atoms with van der Waals surface area (Å²) in [6.45, 7) is 0. The number of halogens is 2. The maximum absolute atomic E-state index is 9.54. The van der Waals surface area contributed by atoms with Crippen LogP contribution >= 0.6 is 23.2 Å². The molecular weight excluding hydrogens is 261 g/mol. The largest absolute Gasteiger partial charge is 0.389 e. The van der Waals surface area contributed by atoms with Crippen LogP contribution in [0, 0.1) is 0 Å². The maximum atomic E-state index is 9.54. The molecule has 0 bridgehead atoms. The first-order valence-electron chi connectivity index (χ1n) is 5.31. The number of rotatable bonds is 2. The van der Waals surface area contributed by atoms with Crippen molar-refractivity contribution >= 4 is 23.2 Å². The summed E-state index contributed by atoms with van der Waals surface area (Å²) in [5.74, 6) is 0. The first kappa shape index (κ1) is 12.7. The van der Waals surface area contributed by atoms with Gasteiger partial charge in [0.15, 0.2) is 0 Å². The minimum absolute atomic E-state index is 0.315. The van der Waals surface area contributed by atoms with Crippen molar-refractivity contribution in [3.8, 4) is 0 Å². The van der Waals surface area contributed by atoms with Gasteiger partial charge in [-0.05, 0) is 24.6 Å². The van der Waals surface area contributed by atoms with E-state index in [0.717, 1.165) is 11.4 Å². The number of aliphatic hydroxyl groups excluding tert-OH is 2. The molecule has 3 atom stereocenters.